The van der Waals surface area contributed by atoms with Gasteiger partial charge in [-0.25, -0.2) is 0 Å². The molecule has 0 spiro atoms. The van der Waals surface area contributed by atoms with Gasteiger partial charge in [0, 0.05) is 11.9 Å². The Bertz CT molecular complexity index is 488. The first kappa shape index (κ1) is 12.7. The summed E-state index contributed by atoms with van der Waals surface area (Å²) < 4.78 is 0. The number of hydrogen-bond acceptors (Lipinski definition) is 3. The van der Waals surface area contributed by atoms with Gasteiger partial charge >= 0.3 is 0 Å². The highest BCUT2D eigenvalue weighted by Gasteiger charge is 2.10. The van der Waals surface area contributed by atoms with E-state index in [0.717, 1.165) is 17.7 Å². The average Bonchev–Trinajstić information content (AvgIpc) is 2.39. The molecule has 0 saturated carbocycles. The van der Waals surface area contributed by atoms with E-state index in [0.29, 0.717) is 0 Å². The van der Waals surface area contributed by atoms with Crippen LogP contribution >= 0.6 is 0 Å². The summed E-state index contributed by atoms with van der Waals surface area (Å²) >= 11 is 0. The number of hydrogen-bond donors (Lipinski definition) is 2. The van der Waals surface area contributed by atoms with Crippen molar-refractivity contribution in [2.75, 3.05) is 0 Å². The van der Waals surface area contributed by atoms with Gasteiger partial charge in [-0.15, -0.1) is 0 Å². The number of aromatic nitrogens is 1. The van der Waals surface area contributed by atoms with Crippen molar-refractivity contribution in [1.82, 2.24) is 10.4 Å². The van der Waals surface area contributed by atoms with E-state index in [-0.39, 0.29) is 6.04 Å². The lowest BCUT2D eigenvalue weighted by molar-refractivity contribution is 0.550. The second kappa shape index (κ2) is 5.76. The minimum atomic E-state index is 0.0980. The third-order valence-corrected chi connectivity index (χ3v) is 3.10. The minimum Gasteiger partial charge on any atom is -0.271 e. The number of benzene rings is 1. The van der Waals surface area contributed by atoms with Crippen LogP contribution in [-0.2, 0) is 6.42 Å². The average molecular weight is 241 g/mol. The predicted octanol–water partition coefficient (Wildman–Crippen LogP) is 2.45. The van der Waals surface area contributed by atoms with Crippen LogP contribution < -0.4 is 11.3 Å². The number of nitrogens with two attached hydrogens (primary N) is 1. The SMILES string of the molecule is Cc1ccc(CC(NN)c2ccc(C)nc2)cc1. The van der Waals surface area contributed by atoms with Crippen LogP contribution in [-0.4, -0.2) is 4.98 Å². The molecule has 0 aliphatic carbocycles. The zero-order valence-electron chi connectivity index (χ0n) is 10.9. The molecule has 3 heteroatoms. The van der Waals surface area contributed by atoms with Crippen LogP contribution in [0.2, 0.25) is 0 Å². The van der Waals surface area contributed by atoms with Crippen molar-refractivity contribution in [3.05, 3.63) is 65.0 Å². The van der Waals surface area contributed by atoms with E-state index in [1.807, 2.05) is 19.2 Å². The van der Waals surface area contributed by atoms with Crippen LogP contribution in [0.25, 0.3) is 0 Å². The summed E-state index contributed by atoms with van der Waals surface area (Å²) in [6.07, 6.45) is 2.75. The van der Waals surface area contributed by atoms with E-state index in [2.05, 4.69) is 47.7 Å². The van der Waals surface area contributed by atoms with Crippen LogP contribution in [0.4, 0.5) is 0 Å². The molecule has 0 aliphatic rings. The van der Waals surface area contributed by atoms with Gasteiger partial charge in [0.2, 0.25) is 0 Å². The fraction of sp³-hybridized carbons (Fsp3) is 0.267. The molecule has 2 aromatic rings. The molecule has 0 bridgehead atoms. The second-order valence-corrected chi connectivity index (χ2v) is 4.64. The molecule has 1 atom stereocenters. The molecule has 0 amide bonds. The van der Waals surface area contributed by atoms with E-state index in [9.17, 15) is 0 Å². The van der Waals surface area contributed by atoms with Gasteiger partial charge in [-0.1, -0.05) is 35.9 Å². The molecule has 1 aromatic carbocycles. The lowest BCUT2D eigenvalue weighted by Crippen LogP contribution is -2.29. The van der Waals surface area contributed by atoms with Crippen molar-refractivity contribution in [1.29, 1.82) is 0 Å². The number of nitrogens with one attached hydrogen (secondary N) is 1. The standard InChI is InChI=1S/C15H19N3/c1-11-3-6-13(7-4-11)9-15(18-16)14-8-5-12(2)17-10-14/h3-8,10,15,18H,9,16H2,1-2H3. The molecule has 1 heterocycles. The monoisotopic (exact) mass is 241 g/mol. The van der Waals surface area contributed by atoms with E-state index in [1.165, 1.54) is 11.1 Å². The van der Waals surface area contributed by atoms with Gasteiger partial charge in [0.05, 0.1) is 6.04 Å². The Labute approximate surface area is 108 Å². The Hall–Kier alpha value is -1.71. The van der Waals surface area contributed by atoms with Gasteiger partial charge in [-0.05, 0) is 37.5 Å². The third-order valence-electron chi connectivity index (χ3n) is 3.10. The highest BCUT2D eigenvalue weighted by molar-refractivity contribution is 5.25. The molecule has 1 aromatic heterocycles. The molecular formula is C15H19N3. The predicted molar refractivity (Wildman–Crippen MR) is 73.9 cm³/mol. The van der Waals surface area contributed by atoms with Gasteiger partial charge in [0.1, 0.15) is 0 Å². The van der Waals surface area contributed by atoms with E-state index >= 15 is 0 Å². The maximum atomic E-state index is 5.64. The topological polar surface area (TPSA) is 50.9 Å². The lowest BCUT2D eigenvalue weighted by Gasteiger charge is -2.16. The Morgan fingerprint density at radius 3 is 2.39 bits per heavy atom. The molecule has 3 N–H and O–H groups in total. The summed E-state index contributed by atoms with van der Waals surface area (Å²) in [5.74, 6) is 5.64. The Kier molecular flexibility index (Phi) is 4.07. The second-order valence-electron chi connectivity index (χ2n) is 4.64. The van der Waals surface area contributed by atoms with Gasteiger partial charge < -0.3 is 0 Å². The largest absolute Gasteiger partial charge is 0.271 e. The summed E-state index contributed by atoms with van der Waals surface area (Å²) in [5, 5.41) is 0. The molecule has 18 heavy (non-hydrogen) atoms. The number of aryl methyl sites for hydroxylation is 2. The van der Waals surface area contributed by atoms with Crippen LogP contribution in [0, 0.1) is 13.8 Å². The number of nitrogens with zero attached hydrogens (tertiary/aromatic N) is 1. The summed E-state index contributed by atoms with van der Waals surface area (Å²) in [6, 6.07) is 12.7. The first-order valence-corrected chi connectivity index (χ1v) is 6.13. The maximum absolute atomic E-state index is 5.64. The third kappa shape index (κ3) is 3.15. The van der Waals surface area contributed by atoms with Crippen molar-refractivity contribution in [2.45, 2.75) is 26.3 Å². The van der Waals surface area contributed by atoms with Crippen LogP contribution in [0.3, 0.4) is 0 Å². The van der Waals surface area contributed by atoms with Gasteiger partial charge in [0.15, 0.2) is 0 Å². The summed E-state index contributed by atoms with van der Waals surface area (Å²) in [6.45, 7) is 4.07. The number of hydrazine groups is 1. The minimum absolute atomic E-state index is 0.0980. The van der Waals surface area contributed by atoms with Crippen molar-refractivity contribution >= 4 is 0 Å². The first-order chi connectivity index (χ1) is 8.69. The zero-order chi connectivity index (χ0) is 13.0. The molecule has 1 unspecified atom stereocenters. The molecule has 0 saturated heterocycles. The van der Waals surface area contributed by atoms with E-state index in [1.54, 1.807) is 0 Å². The highest BCUT2D eigenvalue weighted by atomic mass is 15.2. The Balaban J connectivity index is 2.14. The van der Waals surface area contributed by atoms with Gasteiger partial charge in [0.25, 0.3) is 0 Å². The molecule has 0 fully saturated rings. The first-order valence-electron chi connectivity index (χ1n) is 6.13. The summed E-state index contributed by atoms with van der Waals surface area (Å²) in [4.78, 5) is 4.31. The number of rotatable bonds is 4. The molecular weight excluding hydrogens is 222 g/mol. The summed E-state index contributed by atoms with van der Waals surface area (Å²) in [7, 11) is 0. The number of pyridine rings is 1. The smallest absolute Gasteiger partial charge is 0.0515 e. The molecule has 3 nitrogen and oxygen atoms in total. The van der Waals surface area contributed by atoms with Gasteiger partial charge in [-0.2, -0.15) is 0 Å². The molecule has 0 radical (unpaired) electrons. The quantitative estimate of drug-likeness (QED) is 0.638. The lowest BCUT2D eigenvalue weighted by atomic mass is 10.00. The van der Waals surface area contributed by atoms with Crippen molar-refractivity contribution in [3.8, 4) is 0 Å². The maximum Gasteiger partial charge on any atom is 0.0515 e. The van der Waals surface area contributed by atoms with Crippen molar-refractivity contribution < 1.29 is 0 Å². The fourth-order valence-corrected chi connectivity index (χ4v) is 1.92. The van der Waals surface area contributed by atoms with Crippen molar-refractivity contribution in [3.63, 3.8) is 0 Å². The zero-order valence-corrected chi connectivity index (χ0v) is 10.9. The Morgan fingerprint density at radius 1 is 1.11 bits per heavy atom. The van der Waals surface area contributed by atoms with Crippen LogP contribution in [0.1, 0.15) is 28.4 Å². The highest BCUT2D eigenvalue weighted by Crippen LogP contribution is 2.17. The van der Waals surface area contributed by atoms with Crippen LogP contribution in [0.15, 0.2) is 42.6 Å². The normalized spacial score (nSPS) is 12.4. The summed E-state index contributed by atoms with van der Waals surface area (Å²) in [5.41, 5.74) is 7.53. The van der Waals surface area contributed by atoms with Gasteiger partial charge in [-0.3, -0.25) is 16.3 Å². The van der Waals surface area contributed by atoms with E-state index < -0.39 is 0 Å². The fourth-order valence-electron chi connectivity index (χ4n) is 1.92. The molecule has 2 rings (SSSR count). The molecule has 0 aliphatic heterocycles. The van der Waals surface area contributed by atoms with E-state index in [4.69, 9.17) is 5.84 Å². The molecule has 94 valence electrons. The Morgan fingerprint density at radius 2 is 1.83 bits per heavy atom. The van der Waals surface area contributed by atoms with Crippen LogP contribution in [0.5, 0.6) is 0 Å². The van der Waals surface area contributed by atoms with Crippen molar-refractivity contribution in [2.24, 2.45) is 5.84 Å².